The summed E-state index contributed by atoms with van der Waals surface area (Å²) >= 11 is 0. The molecule has 2 heterocycles. The molecule has 0 amide bonds. The summed E-state index contributed by atoms with van der Waals surface area (Å²) in [7, 11) is 0. The first-order valence-corrected chi connectivity index (χ1v) is 5.80. The number of benzene rings is 1. The highest BCUT2D eigenvalue weighted by molar-refractivity contribution is 5.85. The molecule has 0 atom stereocenters. The number of carboxylic acid groups (broad SMARTS) is 1. The zero-order valence-corrected chi connectivity index (χ0v) is 10.2. The Morgan fingerprint density at radius 1 is 1.10 bits per heavy atom. The molecule has 0 aliphatic rings. The van der Waals surface area contributed by atoms with Crippen LogP contribution in [-0.2, 0) is 0 Å². The van der Waals surface area contributed by atoms with E-state index in [9.17, 15) is 4.79 Å². The Bertz CT molecular complexity index is 789. The van der Waals surface area contributed by atoms with Gasteiger partial charge < -0.3 is 9.84 Å². The summed E-state index contributed by atoms with van der Waals surface area (Å²) in [5, 5.41) is 9.79. The highest BCUT2D eigenvalue weighted by atomic mass is 16.5. The molecular weight excluding hydrogens is 258 g/mol. The van der Waals surface area contributed by atoms with Crippen LogP contribution in [0.15, 0.2) is 48.9 Å². The number of hydrogen-bond acceptors (Lipinski definition) is 5. The number of fused-ring (bicyclic) bond motifs is 1. The van der Waals surface area contributed by atoms with Crippen LogP contribution in [0.2, 0.25) is 0 Å². The van der Waals surface area contributed by atoms with Crippen LogP contribution in [0.3, 0.4) is 0 Å². The van der Waals surface area contributed by atoms with Crippen molar-refractivity contribution in [3.05, 3.63) is 54.6 Å². The van der Waals surface area contributed by atoms with Gasteiger partial charge in [-0.1, -0.05) is 6.07 Å². The molecule has 0 spiro atoms. The lowest BCUT2D eigenvalue weighted by Gasteiger charge is -2.05. The molecule has 1 N–H and O–H groups in total. The van der Waals surface area contributed by atoms with Gasteiger partial charge in [0, 0.05) is 17.6 Å². The van der Waals surface area contributed by atoms with Crippen molar-refractivity contribution in [1.29, 1.82) is 0 Å². The molecular formula is C14H9N3O3. The van der Waals surface area contributed by atoms with E-state index in [0.717, 1.165) is 17.2 Å². The number of rotatable bonds is 3. The third kappa shape index (κ3) is 2.39. The fraction of sp³-hybridized carbons (Fsp3) is 0. The molecule has 0 saturated heterocycles. The maximum atomic E-state index is 10.8. The van der Waals surface area contributed by atoms with Gasteiger partial charge in [0.05, 0.1) is 5.52 Å². The van der Waals surface area contributed by atoms with Crippen LogP contribution in [0.1, 0.15) is 10.5 Å². The van der Waals surface area contributed by atoms with Crippen molar-refractivity contribution in [3.63, 3.8) is 0 Å². The third-order valence-corrected chi connectivity index (χ3v) is 2.66. The van der Waals surface area contributed by atoms with Crippen molar-refractivity contribution in [2.45, 2.75) is 0 Å². The third-order valence-electron chi connectivity index (χ3n) is 2.66. The molecule has 0 unspecified atom stereocenters. The van der Waals surface area contributed by atoms with Crippen molar-refractivity contribution < 1.29 is 14.6 Å². The second kappa shape index (κ2) is 4.93. The Kier molecular flexibility index (Phi) is 2.96. The summed E-state index contributed by atoms with van der Waals surface area (Å²) in [5.74, 6) is -0.388. The van der Waals surface area contributed by atoms with Gasteiger partial charge in [-0.25, -0.2) is 14.8 Å². The Hall–Kier alpha value is -3.02. The smallest absolute Gasteiger partial charge is 0.354 e. The average molecular weight is 267 g/mol. The monoisotopic (exact) mass is 267 g/mol. The minimum absolute atomic E-state index is 0.113. The van der Waals surface area contributed by atoms with Crippen molar-refractivity contribution in [3.8, 4) is 11.6 Å². The predicted molar refractivity (Wildman–Crippen MR) is 70.8 cm³/mol. The van der Waals surface area contributed by atoms with Crippen LogP contribution < -0.4 is 4.74 Å². The van der Waals surface area contributed by atoms with Crippen LogP contribution in [0.25, 0.3) is 10.9 Å². The van der Waals surface area contributed by atoms with E-state index in [1.807, 2.05) is 24.3 Å². The second-order valence-electron chi connectivity index (χ2n) is 4.01. The zero-order chi connectivity index (χ0) is 13.9. The van der Waals surface area contributed by atoms with Crippen molar-refractivity contribution in [1.82, 2.24) is 15.0 Å². The number of carbonyl (C=O) groups is 1. The summed E-state index contributed by atoms with van der Waals surface area (Å²) in [6.07, 6.45) is 2.87. The van der Waals surface area contributed by atoms with Gasteiger partial charge in [0.25, 0.3) is 0 Å². The zero-order valence-electron chi connectivity index (χ0n) is 10.2. The summed E-state index contributed by atoms with van der Waals surface area (Å²) in [5.41, 5.74) is 0.742. The Morgan fingerprint density at radius 3 is 2.85 bits per heavy atom. The standard InChI is InChI=1S/C14H9N3O3/c18-14(19)12-7-13(17-8-16-12)20-10-3-4-11-9(6-10)2-1-5-15-11/h1-8H,(H,18,19). The number of aromatic carboxylic acids is 1. The quantitative estimate of drug-likeness (QED) is 0.784. The first-order valence-electron chi connectivity index (χ1n) is 5.80. The van der Waals surface area contributed by atoms with E-state index in [1.165, 1.54) is 6.07 Å². The molecule has 2 aromatic heterocycles. The number of ether oxygens (including phenoxy) is 1. The first kappa shape index (κ1) is 12.0. The Morgan fingerprint density at radius 2 is 2.00 bits per heavy atom. The van der Waals surface area contributed by atoms with Gasteiger partial charge in [0.15, 0.2) is 5.69 Å². The average Bonchev–Trinajstić information content (AvgIpc) is 2.47. The topological polar surface area (TPSA) is 85.2 Å². The molecule has 0 fully saturated rings. The molecule has 0 bridgehead atoms. The van der Waals surface area contributed by atoms with E-state index < -0.39 is 5.97 Å². The van der Waals surface area contributed by atoms with E-state index in [1.54, 1.807) is 12.3 Å². The van der Waals surface area contributed by atoms with Gasteiger partial charge >= 0.3 is 5.97 Å². The molecule has 1 aromatic carbocycles. The van der Waals surface area contributed by atoms with E-state index in [2.05, 4.69) is 15.0 Å². The van der Waals surface area contributed by atoms with Crippen LogP contribution in [0, 0.1) is 0 Å². The SMILES string of the molecule is O=C(O)c1cc(Oc2ccc3ncccc3c2)ncn1. The summed E-state index contributed by atoms with van der Waals surface area (Å²) in [4.78, 5) is 22.5. The fourth-order valence-electron chi connectivity index (χ4n) is 1.75. The summed E-state index contributed by atoms with van der Waals surface area (Å²) in [6, 6.07) is 10.4. The van der Waals surface area contributed by atoms with Crippen LogP contribution in [-0.4, -0.2) is 26.0 Å². The minimum Gasteiger partial charge on any atom is -0.477 e. The summed E-state index contributed by atoms with van der Waals surface area (Å²) in [6.45, 7) is 0. The predicted octanol–water partition coefficient (Wildman–Crippen LogP) is 2.52. The molecule has 3 rings (SSSR count). The largest absolute Gasteiger partial charge is 0.477 e. The van der Waals surface area contributed by atoms with Crippen LogP contribution in [0.4, 0.5) is 0 Å². The Balaban J connectivity index is 1.92. The van der Waals surface area contributed by atoms with Crippen molar-refractivity contribution >= 4 is 16.9 Å². The van der Waals surface area contributed by atoms with Gasteiger partial charge in [-0.2, -0.15) is 0 Å². The lowest BCUT2D eigenvalue weighted by atomic mass is 10.2. The number of aromatic nitrogens is 3. The minimum atomic E-state index is -1.13. The maximum absolute atomic E-state index is 10.8. The van der Waals surface area contributed by atoms with E-state index in [0.29, 0.717) is 5.75 Å². The lowest BCUT2D eigenvalue weighted by Crippen LogP contribution is -2.01. The molecule has 0 aliphatic carbocycles. The molecule has 0 aliphatic heterocycles. The molecule has 6 heteroatoms. The van der Waals surface area contributed by atoms with Gasteiger partial charge in [0.1, 0.15) is 12.1 Å². The van der Waals surface area contributed by atoms with Gasteiger partial charge in [-0.15, -0.1) is 0 Å². The number of carboxylic acids is 1. The first-order chi connectivity index (χ1) is 9.72. The van der Waals surface area contributed by atoms with Gasteiger partial charge in [0.2, 0.25) is 5.88 Å². The molecule has 0 saturated carbocycles. The van der Waals surface area contributed by atoms with E-state index in [-0.39, 0.29) is 11.6 Å². The highest BCUT2D eigenvalue weighted by Gasteiger charge is 2.07. The van der Waals surface area contributed by atoms with Crippen LogP contribution >= 0.6 is 0 Å². The molecule has 0 radical (unpaired) electrons. The highest BCUT2D eigenvalue weighted by Crippen LogP contribution is 2.23. The number of hydrogen-bond donors (Lipinski definition) is 1. The van der Waals surface area contributed by atoms with Crippen molar-refractivity contribution in [2.75, 3.05) is 0 Å². The molecule has 3 aromatic rings. The number of pyridine rings is 1. The normalized spacial score (nSPS) is 10.4. The second-order valence-corrected chi connectivity index (χ2v) is 4.01. The van der Waals surface area contributed by atoms with Gasteiger partial charge in [-0.3, -0.25) is 4.98 Å². The Labute approximate surface area is 113 Å². The number of nitrogens with zero attached hydrogens (tertiary/aromatic N) is 3. The fourth-order valence-corrected chi connectivity index (χ4v) is 1.75. The van der Waals surface area contributed by atoms with Gasteiger partial charge in [-0.05, 0) is 24.3 Å². The maximum Gasteiger partial charge on any atom is 0.354 e. The van der Waals surface area contributed by atoms with E-state index in [4.69, 9.17) is 9.84 Å². The summed E-state index contributed by atoms with van der Waals surface area (Å²) < 4.78 is 5.54. The van der Waals surface area contributed by atoms with Crippen LogP contribution in [0.5, 0.6) is 11.6 Å². The molecule has 20 heavy (non-hydrogen) atoms. The molecule has 6 nitrogen and oxygen atoms in total. The molecule has 98 valence electrons. The van der Waals surface area contributed by atoms with E-state index >= 15 is 0 Å². The van der Waals surface area contributed by atoms with Crippen molar-refractivity contribution in [2.24, 2.45) is 0 Å². The lowest BCUT2D eigenvalue weighted by molar-refractivity contribution is 0.0689.